The first-order valence-corrected chi connectivity index (χ1v) is 7.86. The number of aromatic amines is 1. The Hall–Kier alpha value is -2.54. The number of nitrogens with one attached hydrogen (secondary N) is 3. The highest BCUT2D eigenvalue weighted by Crippen LogP contribution is 2.22. The van der Waals surface area contributed by atoms with E-state index in [1.807, 2.05) is 0 Å². The number of esters is 1. The number of carbonyl (C=O) groups excluding carboxylic acids is 2. The molecule has 0 bridgehead atoms. The Kier molecular flexibility index (Phi) is 6.20. The molecule has 0 aliphatic heterocycles. The molecule has 128 valence electrons. The minimum absolute atomic E-state index is 0.209. The fourth-order valence-corrected chi connectivity index (χ4v) is 2.14. The maximum atomic E-state index is 12.0. The molecular weight excluding hydrogens is 332 g/mol. The van der Waals surface area contributed by atoms with Crippen molar-refractivity contribution in [2.45, 2.75) is 26.4 Å². The average Bonchev–Trinajstić information content (AvgIpc) is 3.01. The number of benzene rings is 1. The number of aromatic nitrogens is 2. The number of rotatable bonds is 6. The van der Waals surface area contributed by atoms with Crippen LogP contribution in [0.1, 0.15) is 29.9 Å². The van der Waals surface area contributed by atoms with Gasteiger partial charge in [0, 0.05) is 30.5 Å². The number of hydrogen-bond donors (Lipinski definition) is 3. The highest BCUT2D eigenvalue weighted by molar-refractivity contribution is 6.33. The van der Waals surface area contributed by atoms with Crippen molar-refractivity contribution in [2.75, 3.05) is 11.9 Å². The topological polar surface area (TPSA) is 96.1 Å². The summed E-state index contributed by atoms with van der Waals surface area (Å²) in [7, 11) is 0. The fourth-order valence-electron chi connectivity index (χ4n) is 1.94. The molecule has 3 N–H and O–H groups in total. The molecule has 2 rings (SSSR count). The number of ether oxygens (including phenoxy) is 1. The second-order valence-electron chi connectivity index (χ2n) is 5.36. The van der Waals surface area contributed by atoms with Gasteiger partial charge in [-0.2, -0.15) is 0 Å². The number of urea groups is 1. The van der Waals surface area contributed by atoms with Crippen molar-refractivity contribution < 1.29 is 14.3 Å². The van der Waals surface area contributed by atoms with Gasteiger partial charge in [0.15, 0.2) is 0 Å². The van der Waals surface area contributed by atoms with Crippen LogP contribution in [0, 0.1) is 0 Å². The second-order valence-corrected chi connectivity index (χ2v) is 5.76. The first-order valence-electron chi connectivity index (χ1n) is 7.48. The largest absolute Gasteiger partial charge is 0.459 e. The fraction of sp³-hybridized carbons (Fsp3) is 0.312. The van der Waals surface area contributed by atoms with Crippen molar-refractivity contribution in [2.24, 2.45) is 0 Å². The lowest BCUT2D eigenvalue weighted by atomic mass is 10.2. The Morgan fingerprint density at radius 1 is 1.38 bits per heavy atom. The summed E-state index contributed by atoms with van der Waals surface area (Å²) in [5.41, 5.74) is 1.59. The second kappa shape index (κ2) is 8.35. The van der Waals surface area contributed by atoms with Crippen LogP contribution >= 0.6 is 11.6 Å². The number of imidazole rings is 1. The van der Waals surface area contributed by atoms with Gasteiger partial charge >= 0.3 is 12.0 Å². The van der Waals surface area contributed by atoms with Gasteiger partial charge in [-0.1, -0.05) is 11.6 Å². The summed E-state index contributed by atoms with van der Waals surface area (Å²) in [6, 6.07) is 4.27. The Bertz CT molecular complexity index is 701. The molecule has 0 unspecified atom stereocenters. The van der Waals surface area contributed by atoms with E-state index in [-0.39, 0.29) is 22.7 Å². The summed E-state index contributed by atoms with van der Waals surface area (Å²) in [4.78, 5) is 30.7. The third-order valence-corrected chi connectivity index (χ3v) is 3.35. The summed E-state index contributed by atoms with van der Waals surface area (Å²) in [6.07, 6.45) is 3.67. The lowest BCUT2D eigenvalue weighted by Gasteiger charge is -2.11. The number of carbonyl (C=O) groups is 2. The minimum Gasteiger partial charge on any atom is -0.459 e. The molecule has 8 heteroatoms. The molecule has 0 atom stereocenters. The summed E-state index contributed by atoms with van der Waals surface area (Å²) in [6.45, 7) is 3.95. The van der Waals surface area contributed by atoms with Gasteiger partial charge < -0.3 is 20.4 Å². The van der Waals surface area contributed by atoms with Crippen molar-refractivity contribution in [3.8, 4) is 0 Å². The molecule has 0 aliphatic carbocycles. The molecule has 0 aliphatic rings. The summed E-state index contributed by atoms with van der Waals surface area (Å²) in [5, 5.41) is 5.64. The molecule has 1 aromatic carbocycles. The van der Waals surface area contributed by atoms with Gasteiger partial charge in [0.05, 0.1) is 23.0 Å². The van der Waals surface area contributed by atoms with E-state index in [0.29, 0.717) is 18.7 Å². The highest BCUT2D eigenvalue weighted by atomic mass is 35.5. The van der Waals surface area contributed by atoms with Crippen molar-refractivity contribution in [1.82, 2.24) is 15.3 Å². The molecule has 0 spiro atoms. The van der Waals surface area contributed by atoms with E-state index in [0.717, 1.165) is 5.69 Å². The predicted octanol–water partition coefficient (Wildman–Crippen LogP) is 2.99. The first kappa shape index (κ1) is 17.8. The van der Waals surface area contributed by atoms with E-state index in [1.54, 1.807) is 38.5 Å². The standard InChI is InChI=1S/C16H19ClN4O3/c1-10(2)24-15(22)13-7-11(3-4-14(13)17)21-16(23)19-6-5-12-8-18-9-20-12/h3-4,7-10H,5-6H2,1-2H3,(H,18,20)(H2,19,21,23). The van der Waals surface area contributed by atoms with Gasteiger partial charge in [-0.15, -0.1) is 0 Å². The Labute approximate surface area is 144 Å². The zero-order valence-corrected chi connectivity index (χ0v) is 14.2. The maximum Gasteiger partial charge on any atom is 0.339 e. The van der Waals surface area contributed by atoms with Gasteiger partial charge in [0.25, 0.3) is 0 Å². The molecular formula is C16H19ClN4O3. The number of anilines is 1. The van der Waals surface area contributed by atoms with Gasteiger partial charge in [-0.3, -0.25) is 0 Å². The van der Waals surface area contributed by atoms with Crippen molar-refractivity contribution >= 4 is 29.3 Å². The van der Waals surface area contributed by atoms with Crippen LogP contribution in [-0.2, 0) is 11.2 Å². The molecule has 2 aromatic rings. The molecule has 2 amide bonds. The van der Waals surface area contributed by atoms with Crippen LogP contribution in [-0.4, -0.2) is 34.6 Å². The van der Waals surface area contributed by atoms with Gasteiger partial charge in [-0.05, 0) is 32.0 Å². The van der Waals surface area contributed by atoms with E-state index in [4.69, 9.17) is 16.3 Å². The van der Waals surface area contributed by atoms with Crippen LogP contribution in [0.15, 0.2) is 30.7 Å². The van der Waals surface area contributed by atoms with E-state index in [9.17, 15) is 9.59 Å². The number of amides is 2. The molecule has 0 saturated carbocycles. The molecule has 0 fully saturated rings. The van der Waals surface area contributed by atoms with E-state index < -0.39 is 5.97 Å². The predicted molar refractivity (Wildman–Crippen MR) is 91.3 cm³/mol. The van der Waals surface area contributed by atoms with E-state index >= 15 is 0 Å². The zero-order chi connectivity index (χ0) is 17.5. The van der Waals surface area contributed by atoms with Crippen molar-refractivity contribution in [3.05, 3.63) is 47.0 Å². The SMILES string of the molecule is CC(C)OC(=O)c1cc(NC(=O)NCCc2cnc[nH]2)ccc1Cl. The van der Waals surface area contributed by atoms with E-state index in [1.165, 1.54) is 6.07 Å². The zero-order valence-electron chi connectivity index (χ0n) is 13.4. The van der Waals surface area contributed by atoms with E-state index in [2.05, 4.69) is 20.6 Å². The number of H-pyrrole nitrogens is 1. The molecule has 7 nitrogen and oxygen atoms in total. The van der Waals surface area contributed by atoms with Crippen LogP contribution in [0.3, 0.4) is 0 Å². The summed E-state index contributed by atoms with van der Waals surface area (Å²) in [5.74, 6) is -0.529. The Morgan fingerprint density at radius 3 is 2.83 bits per heavy atom. The van der Waals surface area contributed by atoms with Crippen LogP contribution in [0.25, 0.3) is 0 Å². The minimum atomic E-state index is -0.529. The molecule has 1 aromatic heterocycles. The Balaban J connectivity index is 1.91. The Morgan fingerprint density at radius 2 is 2.17 bits per heavy atom. The third kappa shape index (κ3) is 5.27. The van der Waals surface area contributed by atoms with Crippen molar-refractivity contribution in [3.63, 3.8) is 0 Å². The summed E-state index contributed by atoms with van der Waals surface area (Å²) >= 11 is 6.01. The highest BCUT2D eigenvalue weighted by Gasteiger charge is 2.15. The molecule has 0 radical (unpaired) electrons. The van der Waals surface area contributed by atoms with Crippen LogP contribution in [0.2, 0.25) is 5.02 Å². The summed E-state index contributed by atoms with van der Waals surface area (Å²) < 4.78 is 5.12. The smallest absolute Gasteiger partial charge is 0.339 e. The number of halogens is 1. The maximum absolute atomic E-state index is 12.0. The monoisotopic (exact) mass is 350 g/mol. The number of nitrogens with zero attached hydrogens (tertiary/aromatic N) is 1. The lowest BCUT2D eigenvalue weighted by Crippen LogP contribution is -2.30. The average molecular weight is 351 g/mol. The van der Waals surface area contributed by atoms with Crippen LogP contribution in [0.5, 0.6) is 0 Å². The first-order chi connectivity index (χ1) is 11.5. The normalized spacial score (nSPS) is 10.5. The molecule has 24 heavy (non-hydrogen) atoms. The lowest BCUT2D eigenvalue weighted by molar-refractivity contribution is 0.0378. The quantitative estimate of drug-likeness (QED) is 0.698. The van der Waals surface area contributed by atoms with Crippen molar-refractivity contribution in [1.29, 1.82) is 0 Å². The molecule has 1 heterocycles. The molecule has 0 saturated heterocycles. The van der Waals surface area contributed by atoms with Crippen LogP contribution in [0.4, 0.5) is 10.5 Å². The van der Waals surface area contributed by atoms with Crippen LogP contribution < -0.4 is 10.6 Å². The van der Waals surface area contributed by atoms with Gasteiger partial charge in [0.2, 0.25) is 0 Å². The number of hydrogen-bond acceptors (Lipinski definition) is 4. The van der Waals surface area contributed by atoms with Gasteiger partial charge in [-0.25, -0.2) is 14.6 Å². The third-order valence-electron chi connectivity index (χ3n) is 3.02. The van der Waals surface area contributed by atoms with Gasteiger partial charge in [0.1, 0.15) is 0 Å².